The van der Waals surface area contributed by atoms with Crippen molar-refractivity contribution in [3.63, 3.8) is 0 Å². The average Bonchev–Trinajstić information content (AvgIpc) is 2.90. The molecule has 0 radical (unpaired) electrons. The first-order chi connectivity index (χ1) is 14.4. The van der Waals surface area contributed by atoms with Crippen LogP contribution in [0.25, 0.3) is 11.1 Å². The van der Waals surface area contributed by atoms with E-state index in [9.17, 15) is 25.9 Å². The quantitative estimate of drug-likeness (QED) is 0.186. The Morgan fingerprint density at radius 2 is 1.03 bits per heavy atom. The Hall–Kier alpha value is 1.22. The van der Waals surface area contributed by atoms with E-state index in [4.69, 9.17) is 0 Å². The van der Waals surface area contributed by atoms with Gasteiger partial charge in [0.15, 0.2) is 0 Å². The molecule has 1 aliphatic carbocycles. The number of benzene rings is 2. The summed E-state index contributed by atoms with van der Waals surface area (Å²) in [5, 5.41) is 0. The fraction of sp³-hybridized carbons (Fsp3) is 0.429. The third-order valence-electron chi connectivity index (χ3n) is 5.78. The van der Waals surface area contributed by atoms with Crippen LogP contribution in [-0.4, -0.2) is 37.4 Å². The maximum Gasteiger partial charge on any atom is 1.00 e. The molecule has 33 heavy (non-hydrogen) atoms. The normalized spacial score (nSPS) is 14.1. The zero-order valence-electron chi connectivity index (χ0n) is 18.6. The van der Waals surface area contributed by atoms with Crippen molar-refractivity contribution in [2.75, 3.05) is 11.5 Å². The van der Waals surface area contributed by atoms with Crippen LogP contribution >= 0.6 is 31.9 Å². The van der Waals surface area contributed by atoms with Crippen molar-refractivity contribution in [1.82, 2.24) is 0 Å². The Bertz CT molecular complexity index is 1090. The molecule has 12 heteroatoms. The molecule has 0 heterocycles. The SMILES string of the molecule is O=S(=O)([O-])CCCCC1(CCCCS(=O)(=O)[O-])c2cc(Br)ccc2-c2ccc(Br)cc21.[Na+].[Na+]. The van der Waals surface area contributed by atoms with Gasteiger partial charge in [0.25, 0.3) is 0 Å². The summed E-state index contributed by atoms with van der Waals surface area (Å²) in [5.74, 6) is -0.817. The van der Waals surface area contributed by atoms with Crippen molar-refractivity contribution < 1.29 is 85.1 Å². The maximum absolute atomic E-state index is 11.0. The molecule has 0 bridgehead atoms. The zero-order chi connectivity index (χ0) is 22.9. The molecule has 2 aromatic rings. The summed E-state index contributed by atoms with van der Waals surface area (Å²) < 4.78 is 68.1. The van der Waals surface area contributed by atoms with Gasteiger partial charge in [-0.2, -0.15) is 0 Å². The van der Waals surface area contributed by atoms with Gasteiger partial charge in [-0.3, -0.25) is 0 Å². The van der Waals surface area contributed by atoms with Crippen molar-refractivity contribution in [1.29, 1.82) is 0 Å². The Labute approximate surface area is 257 Å². The number of unbranched alkanes of at least 4 members (excludes halogenated alkanes) is 2. The molecule has 6 nitrogen and oxygen atoms in total. The van der Waals surface area contributed by atoms with Crippen LogP contribution in [0.4, 0.5) is 0 Å². The van der Waals surface area contributed by atoms with E-state index in [0.717, 1.165) is 31.2 Å². The molecule has 0 saturated carbocycles. The summed E-state index contributed by atoms with van der Waals surface area (Å²) in [6.45, 7) is 0. The Morgan fingerprint density at radius 3 is 1.36 bits per heavy atom. The first-order valence-electron chi connectivity index (χ1n) is 9.89. The molecule has 1 aliphatic rings. The van der Waals surface area contributed by atoms with E-state index in [1.54, 1.807) is 0 Å². The number of hydrogen-bond donors (Lipinski definition) is 0. The number of hydrogen-bond acceptors (Lipinski definition) is 6. The standard InChI is InChI=1S/C21H24Br2O6S2.2Na/c22-15-5-7-17-18-8-6-16(23)14-20(18)21(19(17)13-15,9-1-3-11-30(24,25)26)10-2-4-12-31(27,28)29;;/h5-8,13-14H,1-4,9-12H2,(H,24,25,26)(H,27,28,29);;/q;2*+1/p-2. The summed E-state index contributed by atoms with van der Waals surface area (Å²) >= 11 is 7.08. The number of rotatable bonds is 10. The molecular formula is C21H22Br2Na2O6S2. The maximum atomic E-state index is 11.0. The smallest absolute Gasteiger partial charge is 0.748 e. The van der Waals surface area contributed by atoms with Gasteiger partial charge in [-0.05, 0) is 72.2 Å². The minimum absolute atomic E-state index is 0. The summed E-state index contributed by atoms with van der Waals surface area (Å²) in [4.78, 5) is 0. The molecule has 0 aromatic heterocycles. The minimum Gasteiger partial charge on any atom is -0.748 e. The summed E-state index contributed by atoms with van der Waals surface area (Å²) in [6.07, 6.45) is 2.79. The van der Waals surface area contributed by atoms with Crippen LogP contribution in [0.3, 0.4) is 0 Å². The summed E-state index contributed by atoms with van der Waals surface area (Å²) in [6, 6.07) is 12.1. The van der Waals surface area contributed by atoms with Crippen LogP contribution in [0, 0.1) is 0 Å². The predicted octanol–water partition coefficient (Wildman–Crippen LogP) is -1.08. The second-order valence-electron chi connectivity index (χ2n) is 7.90. The predicted molar refractivity (Wildman–Crippen MR) is 125 cm³/mol. The molecule has 170 valence electrons. The van der Waals surface area contributed by atoms with E-state index in [1.807, 2.05) is 24.3 Å². The van der Waals surface area contributed by atoms with Gasteiger partial charge < -0.3 is 9.11 Å². The molecule has 0 unspecified atom stereocenters. The van der Waals surface area contributed by atoms with Crippen LogP contribution in [0.2, 0.25) is 0 Å². The third kappa shape index (κ3) is 8.64. The van der Waals surface area contributed by atoms with Gasteiger partial charge >= 0.3 is 59.1 Å². The van der Waals surface area contributed by atoms with E-state index in [0.29, 0.717) is 25.7 Å². The van der Waals surface area contributed by atoms with Crippen LogP contribution in [0.1, 0.15) is 49.7 Å². The largest absolute Gasteiger partial charge is 1.00 e. The van der Waals surface area contributed by atoms with Crippen molar-refractivity contribution in [2.45, 2.75) is 43.9 Å². The van der Waals surface area contributed by atoms with Crippen LogP contribution in [0.5, 0.6) is 0 Å². The van der Waals surface area contributed by atoms with Gasteiger partial charge in [-0.1, -0.05) is 56.8 Å². The molecule has 0 fully saturated rings. The molecular weight excluding hydrogens is 618 g/mol. The number of halogens is 2. The fourth-order valence-electron chi connectivity index (χ4n) is 4.51. The fourth-order valence-corrected chi connectivity index (χ4v) is 6.35. The van der Waals surface area contributed by atoms with Crippen LogP contribution in [0.15, 0.2) is 45.3 Å². The molecule has 0 saturated heterocycles. The number of fused-ring (bicyclic) bond motifs is 3. The summed E-state index contributed by atoms with van der Waals surface area (Å²) in [7, 11) is -8.56. The molecule has 0 spiro atoms. The van der Waals surface area contributed by atoms with E-state index in [2.05, 4.69) is 44.0 Å². The Morgan fingerprint density at radius 1 is 0.667 bits per heavy atom. The topological polar surface area (TPSA) is 114 Å². The first-order valence-corrected chi connectivity index (χ1v) is 14.6. The molecule has 0 aliphatic heterocycles. The van der Waals surface area contributed by atoms with Crippen LogP contribution in [-0.2, 0) is 25.7 Å². The van der Waals surface area contributed by atoms with Crippen molar-refractivity contribution in [3.05, 3.63) is 56.5 Å². The first kappa shape index (κ1) is 32.2. The molecule has 0 N–H and O–H groups in total. The molecule has 0 amide bonds. The van der Waals surface area contributed by atoms with E-state index in [1.165, 1.54) is 0 Å². The van der Waals surface area contributed by atoms with E-state index >= 15 is 0 Å². The minimum atomic E-state index is -4.28. The van der Waals surface area contributed by atoms with Gasteiger partial charge in [0.05, 0.1) is 20.2 Å². The second kappa shape index (κ2) is 13.1. The third-order valence-corrected chi connectivity index (χ3v) is 8.34. The molecule has 0 atom stereocenters. The molecule has 3 rings (SSSR count). The van der Waals surface area contributed by atoms with E-state index in [-0.39, 0.29) is 72.0 Å². The van der Waals surface area contributed by atoms with Gasteiger partial charge in [-0.25, -0.2) is 16.8 Å². The zero-order valence-corrected chi connectivity index (χ0v) is 27.4. The summed E-state index contributed by atoms with van der Waals surface area (Å²) in [5.41, 5.74) is 3.88. The average molecular weight is 640 g/mol. The van der Waals surface area contributed by atoms with Crippen molar-refractivity contribution in [3.8, 4) is 11.1 Å². The van der Waals surface area contributed by atoms with Gasteiger partial charge in [0, 0.05) is 25.9 Å². The second-order valence-corrected chi connectivity index (χ2v) is 12.8. The van der Waals surface area contributed by atoms with Crippen molar-refractivity contribution in [2.24, 2.45) is 0 Å². The van der Waals surface area contributed by atoms with Gasteiger partial charge in [0.1, 0.15) is 0 Å². The molecule has 2 aromatic carbocycles. The van der Waals surface area contributed by atoms with E-state index < -0.39 is 37.2 Å². The van der Waals surface area contributed by atoms with Gasteiger partial charge in [0.2, 0.25) is 0 Å². The monoisotopic (exact) mass is 638 g/mol. The van der Waals surface area contributed by atoms with Gasteiger partial charge in [-0.15, -0.1) is 0 Å². The Kier molecular flexibility index (Phi) is 12.8. The van der Waals surface area contributed by atoms with Crippen molar-refractivity contribution >= 4 is 52.1 Å². The van der Waals surface area contributed by atoms with Crippen LogP contribution < -0.4 is 59.1 Å². The Balaban J connectivity index is 0.00000272.